The van der Waals surface area contributed by atoms with Crippen molar-refractivity contribution < 1.29 is 0 Å². The van der Waals surface area contributed by atoms with Gasteiger partial charge in [-0.1, -0.05) is 44.0 Å². The molecule has 0 amide bonds. The van der Waals surface area contributed by atoms with Gasteiger partial charge in [0.1, 0.15) is 0 Å². The summed E-state index contributed by atoms with van der Waals surface area (Å²) in [6.45, 7) is 4.37. The first-order chi connectivity index (χ1) is 5.74. The van der Waals surface area contributed by atoms with E-state index in [0.29, 0.717) is 0 Å². The molecule has 0 aromatic heterocycles. The third-order valence-corrected chi connectivity index (χ3v) is 2.21. The summed E-state index contributed by atoms with van der Waals surface area (Å²) in [7, 11) is 0. The summed E-state index contributed by atoms with van der Waals surface area (Å²) < 4.78 is 0. The molecule has 0 spiro atoms. The second kappa shape index (κ2) is 4.51. The molecule has 0 unspecified atom stereocenters. The molecule has 1 radical (unpaired) electrons. The average molecular weight is 182 g/mol. The lowest BCUT2D eigenvalue weighted by molar-refractivity contribution is 0.828. The number of benzene rings is 1. The van der Waals surface area contributed by atoms with E-state index >= 15 is 0 Å². The largest absolute Gasteiger partial charge is 0.0843 e. The highest BCUT2D eigenvalue weighted by Gasteiger charge is 2.03. The zero-order valence-corrected chi connectivity index (χ0v) is 8.36. The fraction of sp³-hybridized carbons (Fsp3) is 0.364. The Hall–Kier alpha value is -0.490. The van der Waals surface area contributed by atoms with Gasteiger partial charge in [0.25, 0.3) is 0 Å². The standard InChI is InChI=1S/C11H14Cl/c1-3-4-9(2)10-5-7-11(12)8-6-10/h5-8H,3-4H2,1-2H3. The molecule has 0 aliphatic carbocycles. The van der Waals surface area contributed by atoms with E-state index in [0.717, 1.165) is 5.02 Å². The summed E-state index contributed by atoms with van der Waals surface area (Å²) in [4.78, 5) is 0. The lowest BCUT2D eigenvalue weighted by Gasteiger charge is -2.08. The summed E-state index contributed by atoms with van der Waals surface area (Å²) in [5.41, 5.74) is 1.31. The lowest BCUT2D eigenvalue weighted by atomic mass is 9.97. The average Bonchev–Trinajstić information content (AvgIpc) is 2.06. The maximum absolute atomic E-state index is 5.78. The molecule has 1 rings (SSSR count). The van der Waals surface area contributed by atoms with Gasteiger partial charge in [-0.2, -0.15) is 0 Å². The second-order valence-electron chi connectivity index (χ2n) is 3.04. The fourth-order valence-corrected chi connectivity index (χ4v) is 1.38. The van der Waals surface area contributed by atoms with Gasteiger partial charge < -0.3 is 0 Å². The van der Waals surface area contributed by atoms with Crippen molar-refractivity contribution in [1.82, 2.24) is 0 Å². The lowest BCUT2D eigenvalue weighted by Crippen LogP contribution is -1.92. The molecule has 0 aliphatic heterocycles. The van der Waals surface area contributed by atoms with E-state index in [1.54, 1.807) is 0 Å². The molecule has 0 heterocycles. The van der Waals surface area contributed by atoms with Crippen LogP contribution in [0.5, 0.6) is 0 Å². The van der Waals surface area contributed by atoms with Gasteiger partial charge in [0.2, 0.25) is 0 Å². The molecule has 0 saturated heterocycles. The van der Waals surface area contributed by atoms with E-state index in [-0.39, 0.29) is 0 Å². The Kier molecular flexibility index (Phi) is 3.61. The van der Waals surface area contributed by atoms with Crippen LogP contribution >= 0.6 is 11.6 Å². The maximum Gasteiger partial charge on any atom is 0.0406 e. The molecule has 65 valence electrons. The number of hydrogen-bond donors (Lipinski definition) is 0. The summed E-state index contributed by atoms with van der Waals surface area (Å²) in [5.74, 6) is 1.44. The van der Waals surface area contributed by atoms with Gasteiger partial charge in [0.05, 0.1) is 0 Å². The molecule has 0 nitrogen and oxygen atoms in total. The monoisotopic (exact) mass is 181 g/mol. The molecule has 0 bridgehead atoms. The first-order valence-electron chi connectivity index (χ1n) is 4.32. The molecule has 1 heteroatoms. The molecule has 0 N–H and O–H groups in total. The van der Waals surface area contributed by atoms with Gasteiger partial charge >= 0.3 is 0 Å². The Labute approximate surface area is 79.6 Å². The molecule has 0 aliphatic rings. The molecule has 0 atom stereocenters. The summed E-state index contributed by atoms with van der Waals surface area (Å²) in [6.07, 6.45) is 2.37. The topological polar surface area (TPSA) is 0 Å². The van der Waals surface area contributed by atoms with Crippen LogP contribution in [0.3, 0.4) is 0 Å². The van der Waals surface area contributed by atoms with E-state index in [1.165, 1.54) is 24.3 Å². The molecular weight excluding hydrogens is 168 g/mol. The molecule has 1 aromatic rings. The quantitative estimate of drug-likeness (QED) is 0.659. The van der Waals surface area contributed by atoms with Crippen LogP contribution in [-0.4, -0.2) is 0 Å². The van der Waals surface area contributed by atoms with Gasteiger partial charge in [-0.3, -0.25) is 0 Å². The summed E-state index contributed by atoms with van der Waals surface area (Å²) in [5, 5.41) is 0.808. The van der Waals surface area contributed by atoms with Crippen LogP contribution in [0.4, 0.5) is 0 Å². The van der Waals surface area contributed by atoms with E-state index in [2.05, 4.69) is 26.0 Å². The van der Waals surface area contributed by atoms with Crippen LogP contribution < -0.4 is 0 Å². The Balaban J connectivity index is 2.68. The number of rotatable bonds is 3. The Morgan fingerprint density at radius 2 is 1.83 bits per heavy atom. The van der Waals surface area contributed by atoms with Crippen molar-refractivity contribution in [3.63, 3.8) is 0 Å². The first kappa shape index (κ1) is 9.60. The van der Waals surface area contributed by atoms with Crippen LogP contribution in [0.25, 0.3) is 0 Å². The van der Waals surface area contributed by atoms with Crippen LogP contribution in [0, 0.1) is 5.92 Å². The Bertz CT molecular complexity index is 225. The first-order valence-corrected chi connectivity index (χ1v) is 4.70. The second-order valence-corrected chi connectivity index (χ2v) is 3.47. The van der Waals surface area contributed by atoms with Gasteiger partial charge in [0.15, 0.2) is 0 Å². The third kappa shape index (κ3) is 2.53. The van der Waals surface area contributed by atoms with Gasteiger partial charge in [0, 0.05) is 10.9 Å². The van der Waals surface area contributed by atoms with Gasteiger partial charge in [-0.25, -0.2) is 0 Å². The van der Waals surface area contributed by atoms with E-state index < -0.39 is 0 Å². The van der Waals surface area contributed by atoms with E-state index in [9.17, 15) is 0 Å². The summed E-state index contributed by atoms with van der Waals surface area (Å²) in [6, 6.07) is 8.03. The predicted molar refractivity (Wildman–Crippen MR) is 54.4 cm³/mol. The minimum atomic E-state index is 0.808. The highest BCUT2D eigenvalue weighted by atomic mass is 35.5. The summed E-state index contributed by atoms with van der Waals surface area (Å²) >= 11 is 5.78. The smallest absolute Gasteiger partial charge is 0.0406 e. The van der Waals surface area contributed by atoms with Crippen molar-refractivity contribution in [3.05, 3.63) is 40.8 Å². The highest BCUT2D eigenvalue weighted by molar-refractivity contribution is 6.30. The number of hydrogen-bond acceptors (Lipinski definition) is 0. The van der Waals surface area contributed by atoms with Crippen LogP contribution in [0.15, 0.2) is 24.3 Å². The molecule has 0 fully saturated rings. The maximum atomic E-state index is 5.78. The van der Waals surface area contributed by atoms with Crippen molar-refractivity contribution in [2.45, 2.75) is 26.7 Å². The minimum Gasteiger partial charge on any atom is -0.0843 e. The van der Waals surface area contributed by atoms with Crippen LogP contribution in [-0.2, 0) is 0 Å². The molecular formula is C11H14Cl. The van der Waals surface area contributed by atoms with Crippen molar-refractivity contribution in [2.24, 2.45) is 0 Å². The van der Waals surface area contributed by atoms with Gasteiger partial charge in [-0.05, 0) is 24.1 Å². The van der Waals surface area contributed by atoms with Crippen molar-refractivity contribution in [1.29, 1.82) is 0 Å². The fourth-order valence-electron chi connectivity index (χ4n) is 1.25. The van der Waals surface area contributed by atoms with E-state index in [1.807, 2.05) is 12.1 Å². The molecule has 12 heavy (non-hydrogen) atoms. The molecule has 0 saturated carbocycles. The predicted octanol–water partition coefficient (Wildman–Crippen LogP) is 4.08. The van der Waals surface area contributed by atoms with Crippen molar-refractivity contribution in [2.75, 3.05) is 0 Å². The SMILES string of the molecule is CCC[C](C)c1ccc(Cl)cc1. The van der Waals surface area contributed by atoms with Crippen LogP contribution in [0.1, 0.15) is 32.3 Å². The zero-order chi connectivity index (χ0) is 8.97. The van der Waals surface area contributed by atoms with Gasteiger partial charge in [-0.15, -0.1) is 0 Å². The third-order valence-electron chi connectivity index (χ3n) is 1.96. The highest BCUT2D eigenvalue weighted by Crippen LogP contribution is 2.20. The molecule has 1 aromatic carbocycles. The zero-order valence-electron chi connectivity index (χ0n) is 7.60. The number of halogens is 1. The van der Waals surface area contributed by atoms with Crippen molar-refractivity contribution in [3.8, 4) is 0 Å². The Morgan fingerprint density at radius 1 is 1.25 bits per heavy atom. The van der Waals surface area contributed by atoms with Crippen molar-refractivity contribution >= 4 is 11.6 Å². The van der Waals surface area contributed by atoms with Crippen LogP contribution in [0.2, 0.25) is 5.02 Å². The Morgan fingerprint density at radius 3 is 2.33 bits per heavy atom. The normalized spacial score (nSPS) is 10.7. The minimum absolute atomic E-state index is 0.808. The van der Waals surface area contributed by atoms with E-state index in [4.69, 9.17) is 11.6 Å².